The molecule has 0 saturated carbocycles. The molecule has 7 heterocycles. The third-order valence-corrected chi connectivity index (χ3v) is 7.59. The van der Waals surface area contributed by atoms with E-state index in [2.05, 4.69) is 35.0 Å². The van der Waals surface area contributed by atoms with Crippen molar-refractivity contribution in [3.05, 3.63) is 65.1 Å². The first-order valence-electron chi connectivity index (χ1n) is 12.3. The van der Waals surface area contributed by atoms with Gasteiger partial charge in [-0.3, -0.25) is 20.0 Å². The number of thiophene rings is 1. The molecule has 184 valence electrons. The van der Waals surface area contributed by atoms with Crippen LogP contribution in [0.3, 0.4) is 0 Å². The van der Waals surface area contributed by atoms with E-state index in [1.807, 2.05) is 35.2 Å². The highest BCUT2D eigenvalue weighted by Gasteiger charge is 2.22. The van der Waals surface area contributed by atoms with Gasteiger partial charge in [0.05, 0.1) is 16.6 Å². The first-order chi connectivity index (χ1) is 18.2. The van der Waals surface area contributed by atoms with Gasteiger partial charge in [0.15, 0.2) is 11.5 Å². The predicted octanol–water partition coefficient (Wildman–Crippen LogP) is 5.81. The Balaban J connectivity index is 1.30. The number of pyridine rings is 3. The van der Waals surface area contributed by atoms with E-state index in [-0.39, 0.29) is 0 Å². The zero-order valence-corrected chi connectivity index (χ0v) is 20.7. The highest BCUT2D eigenvalue weighted by atomic mass is 32.1. The van der Waals surface area contributed by atoms with Gasteiger partial charge in [0.1, 0.15) is 17.0 Å². The summed E-state index contributed by atoms with van der Waals surface area (Å²) in [5.74, 6) is 0.0582. The summed E-state index contributed by atoms with van der Waals surface area (Å²) in [5, 5.41) is 11.6. The van der Waals surface area contributed by atoms with Gasteiger partial charge in [0.25, 0.3) is 0 Å². The normalized spacial score (nSPS) is 14.6. The molecule has 1 saturated heterocycles. The van der Waals surface area contributed by atoms with Gasteiger partial charge in [-0.15, -0.1) is 0 Å². The van der Waals surface area contributed by atoms with Crippen LogP contribution < -0.4 is 0 Å². The number of likely N-dealkylation sites (tertiary alicyclic amines) is 1. The Kier molecular flexibility index (Phi) is 5.48. The van der Waals surface area contributed by atoms with Gasteiger partial charge in [-0.1, -0.05) is 6.42 Å². The standard InChI is InChI=1S/C27H23FN8S/c28-22-19(18-10-16(11-29-12-18)14-36-7-2-1-3-8-36)13-31-26-21(22)25(34-35-26)27-32-20-4-6-30-23(24(20)33-27)17-5-9-37-15-17/h4-6,9-13,15H,1-3,7-8,14H2,(H,32,33)(H,31,34,35). The van der Waals surface area contributed by atoms with Crippen molar-refractivity contribution in [1.82, 2.24) is 40.0 Å². The number of nitrogens with zero attached hydrogens (tertiary/aromatic N) is 6. The number of rotatable bonds is 5. The van der Waals surface area contributed by atoms with Crippen LogP contribution in [0.4, 0.5) is 4.39 Å². The number of imidazole rings is 1. The Bertz CT molecular complexity index is 1720. The van der Waals surface area contributed by atoms with Crippen molar-refractivity contribution >= 4 is 33.4 Å². The molecule has 0 bridgehead atoms. The fourth-order valence-electron chi connectivity index (χ4n) is 5.08. The van der Waals surface area contributed by atoms with Crippen LogP contribution in [0.15, 0.2) is 53.7 Å². The number of hydrogen-bond acceptors (Lipinski definition) is 7. The molecular formula is C27H23FN8S. The second-order valence-electron chi connectivity index (χ2n) is 9.35. The van der Waals surface area contributed by atoms with Gasteiger partial charge in [-0.25, -0.2) is 14.4 Å². The Morgan fingerprint density at radius 3 is 2.78 bits per heavy atom. The van der Waals surface area contributed by atoms with Crippen molar-refractivity contribution in [2.45, 2.75) is 25.8 Å². The summed E-state index contributed by atoms with van der Waals surface area (Å²) in [4.78, 5) is 23.9. The summed E-state index contributed by atoms with van der Waals surface area (Å²) in [6.07, 6.45) is 10.6. The number of fused-ring (bicyclic) bond motifs is 2. The molecule has 37 heavy (non-hydrogen) atoms. The zero-order valence-electron chi connectivity index (χ0n) is 19.9. The van der Waals surface area contributed by atoms with E-state index in [1.54, 1.807) is 29.9 Å². The molecule has 1 fully saturated rings. The Morgan fingerprint density at radius 1 is 1.00 bits per heavy atom. The van der Waals surface area contributed by atoms with E-state index >= 15 is 4.39 Å². The number of halogens is 1. The average molecular weight is 511 g/mol. The second kappa shape index (κ2) is 9.13. The van der Waals surface area contributed by atoms with Crippen molar-refractivity contribution < 1.29 is 4.39 Å². The number of H-pyrrole nitrogens is 2. The van der Waals surface area contributed by atoms with E-state index in [0.29, 0.717) is 39.2 Å². The number of nitrogens with one attached hydrogen (secondary N) is 2. The number of piperidine rings is 1. The third kappa shape index (κ3) is 3.98. The smallest absolute Gasteiger partial charge is 0.159 e. The van der Waals surface area contributed by atoms with Gasteiger partial charge in [0.2, 0.25) is 0 Å². The lowest BCUT2D eigenvalue weighted by Crippen LogP contribution is -2.29. The van der Waals surface area contributed by atoms with Crippen LogP contribution >= 0.6 is 11.3 Å². The second-order valence-corrected chi connectivity index (χ2v) is 10.1. The number of aromatic nitrogens is 7. The lowest BCUT2D eigenvalue weighted by molar-refractivity contribution is 0.220. The third-order valence-electron chi connectivity index (χ3n) is 6.91. The van der Waals surface area contributed by atoms with Crippen LogP contribution in [0.25, 0.3) is 56.0 Å². The van der Waals surface area contributed by atoms with E-state index in [1.165, 1.54) is 19.3 Å². The van der Waals surface area contributed by atoms with Gasteiger partial charge in [-0.2, -0.15) is 16.4 Å². The molecule has 0 aromatic carbocycles. The molecule has 7 rings (SSSR count). The van der Waals surface area contributed by atoms with Crippen LogP contribution in [0.5, 0.6) is 0 Å². The quantitative estimate of drug-likeness (QED) is 0.304. The summed E-state index contributed by atoms with van der Waals surface area (Å²) >= 11 is 1.60. The Labute approximate surface area is 215 Å². The van der Waals surface area contributed by atoms with Crippen molar-refractivity contribution in [1.29, 1.82) is 0 Å². The molecule has 0 atom stereocenters. The maximum atomic E-state index is 16.1. The van der Waals surface area contributed by atoms with Gasteiger partial charge < -0.3 is 4.98 Å². The van der Waals surface area contributed by atoms with E-state index in [9.17, 15) is 0 Å². The Morgan fingerprint density at radius 2 is 1.92 bits per heavy atom. The van der Waals surface area contributed by atoms with Crippen LogP contribution in [-0.4, -0.2) is 53.1 Å². The molecule has 0 unspecified atom stereocenters. The lowest BCUT2D eigenvalue weighted by Gasteiger charge is -2.26. The first kappa shape index (κ1) is 22.2. The largest absolute Gasteiger partial charge is 0.336 e. The number of aromatic amines is 2. The molecule has 2 N–H and O–H groups in total. The molecule has 0 radical (unpaired) electrons. The molecule has 0 aliphatic carbocycles. The summed E-state index contributed by atoms with van der Waals surface area (Å²) < 4.78 is 16.1. The maximum absolute atomic E-state index is 16.1. The maximum Gasteiger partial charge on any atom is 0.159 e. The average Bonchev–Trinajstić information content (AvgIpc) is 3.69. The molecule has 1 aliphatic rings. The summed E-state index contributed by atoms with van der Waals surface area (Å²) in [6.45, 7) is 2.99. The highest BCUT2D eigenvalue weighted by Crippen LogP contribution is 2.34. The fraction of sp³-hybridized carbons (Fsp3) is 0.222. The summed E-state index contributed by atoms with van der Waals surface area (Å²) in [7, 11) is 0. The molecule has 6 aromatic rings. The van der Waals surface area contributed by atoms with E-state index < -0.39 is 5.82 Å². The SMILES string of the molecule is Fc1c(-c2cncc(CN3CCCCC3)c2)cnc2[nH]nc(-c3nc4c(-c5ccsc5)nccc4[nH]3)c12. The molecule has 6 aromatic heterocycles. The topological polar surface area (TPSA) is 99.3 Å². The van der Waals surface area contributed by atoms with Gasteiger partial charge in [-0.05, 0) is 55.1 Å². The molecule has 10 heteroatoms. The van der Waals surface area contributed by atoms with Crippen LogP contribution in [0.1, 0.15) is 24.8 Å². The molecular weight excluding hydrogens is 487 g/mol. The van der Waals surface area contributed by atoms with Crippen molar-refractivity contribution in [3.8, 4) is 33.9 Å². The van der Waals surface area contributed by atoms with Crippen LogP contribution in [0.2, 0.25) is 0 Å². The summed E-state index contributed by atoms with van der Waals surface area (Å²) in [6, 6.07) is 5.87. The fourth-order valence-corrected chi connectivity index (χ4v) is 5.72. The molecule has 0 amide bonds. The van der Waals surface area contributed by atoms with E-state index in [0.717, 1.165) is 42.0 Å². The van der Waals surface area contributed by atoms with Crippen molar-refractivity contribution in [2.24, 2.45) is 0 Å². The monoisotopic (exact) mass is 510 g/mol. The molecule has 1 aliphatic heterocycles. The minimum atomic E-state index is -0.401. The van der Waals surface area contributed by atoms with Gasteiger partial charge >= 0.3 is 0 Å². The highest BCUT2D eigenvalue weighted by molar-refractivity contribution is 7.08. The van der Waals surface area contributed by atoms with Crippen molar-refractivity contribution in [2.75, 3.05) is 13.1 Å². The van der Waals surface area contributed by atoms with Crippen LogP contribution in [-0.2, 0) is 6.54 Å². The van der Waals surface area contributed by atoms with Crippen molar-refractivity contribution in [3.63, 3.8) is 0 Å². The predicted molar refractivity (Wildman–Crippen MR) is 142 cm³/mol. The number of hydrogen-bond donors (Lipinski definition) is 2. The van der Waals surface area contributed by atoms with E-state index in [4.69, 9.17) is 4.98 Å². The Hall–Kier alpha value is -4.02. The molecule has 8 nitrogen and oxygen atoms in total. The molecule has 0 spiro atoms. The zero-order chi connectivity index (χ0) is 24.8. The lowest BCUT2D eigenvalue weighted by atomic mass is 10.0. The van der Waals surface area contributed by atoms with Crippen LogP contribution in [0, 0.1) is 5.82 Å². The minimum absolute atomic E-state index is 0.294. The van der Waals surface area contributed by atoms with Gasteiger partial charge in [0, 0.05) is 53.4 Å². The summed E-state index contributed by atoms with van der Waals surface area (Å²) in [5.41, 5.74) is 6.19. The minimum Gasteiger partial charge on any atom is -0.336 e. The first-order valence-corrected chi connectivity index (χ1v) is 13.3.